The SMILES string of the molecule is CC1CC(O[Si](C)(C)C(C)(C)C)CC12SCCCS2. The van der Waals surface area contributed by atoms with Gasteiger partial charge < -0.3 is 4.43 Å². The maximum Gasteiger partial charge on any atom is 0.192 e. The molecule has 2 fully saturated rings. The van der Waals surface area contributed by atoms with Gasteiger partial charge in [-0.2, -0.15) is 0 Å². The first kappa shape index (κ1) is 16.3. The normalized spacial score (nSPS) is 31.9. The van der Waals surface area contributed by atoms with Crippen LogP contribution in [0.15, 0.2) is 0 Å². The monoisotopic (exact) mass is 318 g/mol. The van der Waals surface area contributed by atoms with Crippen molar-refractivity contribution in [3.8, 4) is 0 Å². The highest BCUT2D eigenvalue weighted by Gasteiger charge is 2.50. The summed E-state index contributed by atoms with van der Waals surface area (Å²) in [7, 11) is -1.60. The molecule has 1 heterocycles. The molecule has 1 saturated heterocycles. The smallest absolute Gasteiger partial charge is 0.192 e. The first-order chi connectivity index (χ1) is 8.66. The third kappa shape index (κ3) is 3.38. The van der Waals surface area contributed by atoms with E-state index in [1.165, 1.54) is 30.8 Å². The van der Waals surface area contributed by atoms with Crippen molar-refractivity contribution in [3.05, 3.63) is 0 Å². The van der Waals surface area contributed by atoms with Gasteiger partial charge in [0.2, 0.25) is 0 Å². The van der Waals surface area contributed by atoms with Crippen molar-refractivity contribution < 1.29 is 4.43 Å². The van der Waals surface area contributed by atoms with E-state index >= 15 is 0 Å². The van der Waals surface area contributed by atoms with Crippen LogP contribution in [0.5, 0.6) is 0 Å². The lowest BCUT2D eigenvalue weighted by molar-refractivity contribution is 0.184. The van der Waals surface area contributed by atoms with Gasteiger partial charge in [0.1, 0.15) is 0 Å². The summed E-state index contributed by atoms with van der Waals surface area (Å²) in [5.41, 5.74) is 0. The van der Waals surface area contributed by atoms with Crippen LogP contribution in [-0.2, 0) is 4.43 Å². The predicted molar refractivity (Wildman–Crippen MR) is 92.7 cm³/mol. The second-order valence-electron chi connectivity index (χ2n) is 7.70. The number of thioether (sulfide) groups is 2. The Morgan fingerprint density at radius 1 is 1.16 bits per heavy atom. The predicted octanol–water partition coefficient (Wildman–Crippen LogP) is 5.37. The van der Waals surface area contributed by atoms with Gasteiger partial charge in [0, 0.05) is 6.10 Å². The van der Waals surface area contributed by atoms with Crippen molar-refractivity contribution in [3.63, 3.8) is 0 Å². The highest BCUT2D eigenvalue weighted by atomic mass is 32.2. The molecule has 2 atom stereocenters. The summed E-state index contributed by atoms with van der Waals surface area (Å²) in [6, 6.07) is 0. The molecular formula is C15H30OS2Si. The van der Waals surface area contributed by atoms with Crippen LogP contribution in [0.25, 0.3) is 0 Å². The summed E-state index contributed by atoms with van der Waals surface area (Å²) >= 11 is 4.43. The van der Waals surface area contributed by atoms with Gasteiger partial charge >= 0.3 is 0 Å². The molecule has 0 aromatic carbocycles. The molecule has 2 rings (SSSR count). The van der Waals surface area contributed by atoms with E-state index in [-0.39, 0.29) is 0 Å². The third-order valence-corrected chi connectivity index (χ3v) is 13.5. The number of rotatable bonds is 2. The van der Waals surface area contributed by atoms with E-state index in [0.29, 0.717) is 15.2 Å². The van der Waals surface area contributed by atoms with Crippen LogP contribution in [0.1, 0.15) is 47.0 Å². The molecule has 0 N–H and O–H groups in total. The molecule has 0 bridgehead atoms. The molecular weight excluding hydrogens is 288 g/mol. The van der Waals surface area contributed by atoms with Gasteiger partial charge in [0.05, 0.1) is 4.08 Å². The fraction of sp³-hybridized carbons (Fsp3) is 1.00. The Balaban J connectivity index is 2.01. The van der Waals surface area contributed by atoms with E-state index in [9.17, 15) is 0 Å². The molecule has 4 heteroatoms. The molecule has 2 aliphatic rings. The summed E-state index contributed by atoms with van der Waals surface area (Å²) < 4.78 is 7.15. The van der Waals surface area contributed by atoms with Crippen LogP contribution in [0.2, 0.25) is 18.1 Å². The minimum absolute atomic E-state index is 0.332. The van der Waals surface area contributed by atoms with Gasteiger partial charge in [-0.15, -0.1) is 23.5 Å². The molecule has 1 aliphatic heterocycles. The first-order valence-electron chi connectivity index (χ1n) is 7.62. The van der Waals surface area contributed by atoms with Crippen molar-refractivity contribution in [2.24, 2.45) is 5.92 Å². The summed E-state index contributed by atoms with van der Waals surface area (Å²) in [6.45, 7) is 14.3. The average Bonchev–Trinajstić information content (AvgIpc) is 2.54. The van der Waals surface area contributed by atoms with Crippen molar-refractivity contribution in [1.29, 1.82) is 0 Å². The van der Waals surface area contributed by atoms with Gasteiger partial charge in [0.15, 0.2) is 8.32 Å². The maximum atomic E-state index is 6.67. The van der Waals surface area contributed by atoms with E-state index < -0.39 is 8.32 Å². The zero-order valence-corrected chi connectivity index (χ0v) is 16.0. The Labute approximate surface area is 129 Å². The molecule has 0 radical (unpaired) electrons. The van der Waals surface area contributed by atoms with Crippen LogP contribution < -0.4 is 0 Å². The largest absolute Gasteiger partial charge is 0.414 e. The van der Waals surface area contributed by atoms with E-state index in [1.807, 2.05) is 0 Å². The van der Waals surface area contributed by atoms with Crippen molar-refractivity contribution in [2.75, 3.05) is 11.5 Å². The first-order valence-corrected chi connectivity index (χ1v) is 12.5. The minimum Gasteiger partial charge on any atom is -0.414 e. The zero-order valence-electron chi connectivity index (χ0n) is 13.4. The van der Waals surface area contributed by atoms with Gasteiger partial charge in [-0.25, -0.2) is 0 Å². The molecule has 0 amide bonds. The van der Waals surface area contributed by atoms with Crippen LogP contribution in [0.3, 0.4) is 0 Å². The third-order valence-electron chi connectivity index (χ3n) is 5.13. The second-order valence-corrected chi connectivity index (χ2v) is 15.6. The molecule has 1 nitrogen and oxygen atoms in total. The highest BCUT2D eigenvalue weighted by Crippen LogP contribution is 2.57. The summed E-state index contributed by atoms with van der Waals surface area (Å²) in [5.74, 6) is 3.51. The van der Waals surface area contributed by atoms with Crippen LogP contribution >= 0.6 is 23.5 Å². The summed E-state index contributed by atoms with van der Waals surface area (Å²) in [5, 5.41) is 0.332. The summed E-state index contributed by atoms with van der Waals surface area (Å²) in [4.78, 5) is 0. The van der Waals surface area contributed by atoms with E-state index in [0.717, 1.165) is 5.92 Å². The standard InChI is InChI=1S/C15H30OS2Si/c1-12-10-13(16-19(5,6)14(2,3)4)11-15(12)17-8-7-9-18-15/h12-13H,7-11H2,1-6H3. The second kappa shape index (κ2) is 5.58. The summed E-state index contributed by atoms with van der Waals surface area (Å²) in [6.07, 6.45) is 4.44. The molecule has 0 aromatic heterocycles. The Morgan fingerprint density at radius 2 is 1.74 bits per heavy atom. The maximum absolute atomic E-state index is 6.67. The topological polar surface area (TPSA) is 9.23 Å². The van der Waals surface area contributed by atoms with Crippen LogP contribution in [-0.4, -0.2) is 30.0 Å². The molecule has 1 aliphatic carbocycles. The lowest BCUT2D eigenvalue weighted by atomic mass is 10.1. The molecule has 0 aromatic rings. The van der Waals surface area contributed by atoms with Gasteiger partial charge in [0.25, 0.3) is 0 Å². The van der Waals surface area contributed by atoms with Gasteiger partial charge in [-0.1, -0.05) is 27.7 Å². The number of hydrogen-bond acceptors (Lipinski definition) is 3. The lowest BCUT2D eigenvalue weighted by Gasteiger charge is -2.39. The van der Waals surface area contributed by atoms with Gasteiger partial charge in [-0.05, 0) is 54.8 Å². The molecule has 1 spiro atoms. The molecule has 112 valence electrons. The molecule has 1 saturated carbocycles. The quantitative estimate of drug-likeness (QED) is 0.633. The van der Waals surface area contributed by atoms with Gasteiger partial charge in [-0.3, -0.25) is 0 Å². The van der Waals surface area contributed by atoms with E-state index in [1.54, 1.807) is 0 Å². The Bertz CT molecular complexity index is 319. The molecule has 2 unspecified atom stereocenters. The lowest BCUT2D eigenvalue weighted by Crippen LogP contribution is -2.43. The van der Waals surface area contributed by atoms with E-state index in [4.69, 9.17) is 4.43 Å². The Morgan fingerprint density at radius 3 is 2.26 bits per heavy atom. The highest BCUT2D eigenvalue weighted by molar-refractivity contribution is 8.18. The van der Waals surface area contributed by atoms with Crippen LogP contribution in [0.4, 0.5) is 0 Å². The van der Waals surface area contributed by atoms with Crippen LogP contribution in [0, 0.1) is 5.92 Å². The van der Waals surface area contributed by atoms with Crippen molar-refractivity contribution in [1.82, 2.24) is 0 Å². The zero-order chi connectivity index (χ0) is 14.3. The fourth-order valence-electron chi connectivity index (χ4n) is 2.85. The Kier molecular flexibility index (Phi) is 4.77. The molecule has 19 heavy (non-hydrogen) atoms. The fourth-order valence-corrected chi connectivity index (χ4v) is 7.87. The van der Waals surface area contributed by atoms with E-state index in [2.05, 4.69) is 64.3 Å². The van der Waals surface area contributed by atoms with Crippen molar-refractivity contribution >= 4 is 31.8 Å². The average molecular weight is 319 g/mol. The minimum atomic E-state index is -1.60. The Hall–Kier alpha value is 0.877. The number of hydrogen-bond donors (Lipinski definition) is 0. The van der Waals surface area contributed by atoms with Crippen molar-refractivity contribution in [2.45, 2.75) is 75.3 Å².